The van der Waals surface area contributed by atoms with Gasteiger partial charge in [0.05, 0.1) is 9.79 Å². The van der Waals surface area contributed by atoms with Crippen LogP contribution >= 0.6 is 35.3 Å². The molecule has 2 heterocycles. The Hall–Kier alpha value is -5.59. The summed E-state index contributed by atoms with van der Waals surface area (Å²) in [4.78, 5) is 10.2. The van der Waals surface area contributed by atoms with Crippen molar-refractivity contribution in [3.63, 3.8) is 0 Å². The predicted octanol–water partition coefficient (Wildman–Crippen LogP) is 16.3. The van der Waals surface area contributed by atoms with E-state index in [0.29, 0.717) is 0 Å². The van der Waals surface area contributed by atoms with Crippen LogP contribution in [0.5, 0.6) is 11.5 Å². The van der Waals surface area contributed by atoms with E-state index in [-0.39, 0.29) is 10.8 Å². The van der Waals surface area contributed by atoms with E-state index >= 15 is 0 Å². The van der Waals surface area contributed by atoms with Crippen molar-refractivity contribution in [2.24, 2.45) is 0 Å². The highest BCUT2D eigenvalue weighted by Crippen LogP contribution is 2.61. The average molecular weight is 814 g/mol. The van der Waals surface area contributed by atoms with Crippen LogP contribution in [0.1, 0.15) is 49.9 Å². The van der Waals surface area contributed by atoms with E-state index in [9.17, 15) is 0 Å². The standard InChI is InChI=1S/C54H39NOS3/c1-53(2)39-26-28-47-51(56-43-14-8-9-15-44(43)57-47)49(39)37-24-22-35(30-41(37)53)55(34-20-18-33(19-21-34)32-12-6-5-7-13-32)36-23-25-38-42(31-36)54(3,4)40-27-29-48-52(50(38)40)59-46-17-11-10-16-45(46)58-48/h5-31H,1-4H3. The topological polar surface area (TPSA) is 12.5 Å². The van der Waals surface area contributed by atoms with Crippen molar-refractivity contribution >= 4 is 52.3 Å². The highest BCUT2D eigenvalue weighted by atomic mass is 32.2. The summed E-state index contributed by atoms with van der Waals surface area (Å²) in [6, 6.07) is 60.5. The first-order valence-corrected chi connectivity index (χ1v) is 22.7. The Morgan fingerprint density at radius 1 is 0.407 bits per heavy atom. The summed E-state index contributed by atoms with van der Waals surface area (Å²) < 4.78 is 6.74. The summed E-state index contributed by atoms with van der Waals surface area (Å²) >= 11 is 5.62. The van der Waals surface area contributed by atoms with Crippen LogP contribution in [0.3, 0.4) is 0 Å². The second-order valence-electron chi connectivity index (χ2n) is 16.9. The minimum absolute atomic E-state index is 0.169. The van der Waals surface area contributed by atoms with Crippen molar-refractivity contribution in [3.05, 3.63) is 186 Å². The van der Waals surface area contributed by atoms with Crippen LogP contribution in [0.2, 0.25) is 0 Å². The number of ether oxygens (including phenoxy) is 1. The van der Waals surface area contributed by atoms with Gasteiger partial charge in [-0.25, -0.2) is 0 Å². The van der Waals surface area contributed by atoms with Gasteiger partial charge >= 0.3 is 0 Å². The maximum absolute atomic E-state index is 6.74. The molecule has 0 bridgehead atoms. The molecule has 0 radical (unpaired) electrons. The van der Waals surface area contributed by atoms with E-state index in [2.05, 4.69) is 196 Å². The minimum atomic E-state index is -0.224. The summed E-state index contributed by atoms with van der Waals surface area (Å²) in [7, 11) is 0. The smallest absolute Gasteiger partial charge is 0.149 e. The molecule has 2 aliphatic carbocycles. The third-order valence-corrected chi connectivity index (χ3v) is 16.5. The van der Waals surface area contributed by atoms with E-state index < -0.39 is 0 Å². The van der Waals surface area contributed by atoms with Gasteiger partial charge in [0.15, 0.2) is 0 Å². The number of anilines is 3. The molecule has 12 rings (SSSR count). The van der Waals surface area contributed by atoms with Gasteiger partial charge in [-0.2, -0.15) is 0 Å². The number of benzene rings is 8. The third-order valence-electron chi connectivity index (χ3n) is 12.8. The van der Waals surface area contributed by atoms with Crippen molar-refractivity contribution < 1.29 is 4.74 Å². The lowest BCUT2D eigenvalue weighted by Gasteiger charge is -2.30. The molecule has 0 saturated carbocycles. The zero-order valence-corrected chi connectivity index (χ0v) is 35.6. The lowest BCUT2D eigenvalue weighted by atomic mass is 9.82. The first-order chi connectivity index (χ1) is 28.7. The maximum Gasteiger partial charge on any atom is 0.149 e. The number of hydrogen-bond acceptors (Lipinski definition) is 5. The largest absolute Gasteiger partial charge is 0.454 e. The van der Waals surface area contributed by atoms with Crippen LogP contribution in [0, 0.1) is 0 Å². The molecule has 0 spiro atoms. The first kappa shape index (κ1) is 35.4. The van der Waals surface area contributed by atoms with Crippen LogP contribution in [-0.2, 0) is 10.8 Å². The summed E-state index contributed by atoms with van der Waals surface area (Å²) in [6.07, 6.45) is 0. The molecule has 8 aromatic rings. The highest BCUT2D eigenvalue weighted by molar-refractivity contribution is 8.05. The van der Waals surface area contributed by atoms with Crippen LogP contribution in [-0.4, -0.2) is 0 Å². The van der Waals surface area contributed by atoms with Crippen molar-refractivity contribution in [2.45, 2.75) is 67.9 Å². The summed E-state index contributed by atoms with van der Waals surface area (Å²) in [5.41, 5.74) is 16.0. The zero-order valence-electron chi connectivity index (χ0n) is 33.2. The fourth-order valence-corrected chi connectivity index (χ4v) is 13.1. The quantitative estimate of drug-likeness (QED) is 0.175. The SMILES string of the molecule is CC1(C)c2cc(N(c3ccc(-c4ccccc4)cc3)c3ccc4c(c3)C(C)(C)c3ccc5c(c3-4)Sc3ccccc3S5)ccc2-c2c1ccc1c2Oc2ccccc2S1. The summed E-state index contributed by atoms with van der Waals surface area (Å²) in [5.74, 6) is 1.90. The predicted molar refractivity (Wildman–Crippen MR) is 247 cm³/mol. The minimum Gasteiger partial charge on any atom is -0.454 e. The molecule has 0 saturated heterocycles. The van der Waals surface area contributed by atoms with Gasteiger partial charge in [-0.1, -0.05) is 154 Å². The van der Waals surface area contributed by atoms with Gasteiger partial charge in [0.1, 0.15) is 11.5 Å². The van der Waals surface area contributed by atoms with Crippen LogP contribution < -0.4 is 9.64 Å². The van der Waals surface area contributed by atoms with Crippen molar-refractivity contribution in [1.82, 2.24) is 0 Å². The Kier molecular flexibility index (Phi) is 7.76. The zero-order chi connectivity index (χ0) is 39.6. The Morgan fingerprint density at radius 3 is 1.63 bits per heavy atom. The van der Waals surface area contributed by atoms with E-state index in [1.807, 2.05) is 23.5 Å². The maximum atomic E-state index is 6.74. The van der Waals surface area contributed by atoms with Gasteiger partial charge in [-0.3, -0.25) is 0 Å². The third kappa shape index (κ3) is 5.31. The van der Waals surface area contributed by atoms with E-state index in [1.54, 1.807) is 11.8 Å². The Bertz CT molecular complexity index is 2890. The number of hydrogen-bond donors (Lipinski definition) is 0. The van der Waals surface area contributed by atoms with Crippen molar-refractivity contribution in [2.75, 3.05) is 4.90 Å². The molecular weight excluding hydrogens is 775 g/mol. The number of para-hydroxylation sites is 1. The van der Waals surface area contributed by atoms with Gasteiger partial charge in [-0.15, -0.1) is 0 Å². The molecule has 59 heavy (non-hydrogen) atoms. The van der Waals surface area contributed by atoms with Gasteiger partial charge in [0, 0.05) is 58.6 Å². The Labute approximate surface area is 358 Å². The van der Waals surface area contributed by atoms with Crippen molar-refractivity contribution in [3.8, 4) is 44.9 Å². The molecule has 0 unspecified atom stereocenters. The summed E-state index contributed by atoms with van der Waals surface area (Å²) in [6.45, 7) is 9.52. The first-order valence-electron chi connectivity index (χ1n) is 20.2. The summed E-state index contributed by atoms with van der Waals surface area (Å²) in [5, 5.41) is 0. The second kappa shape index (κ2) is 13.0. The molecule has 0 N–H and O–H groups in total. The molecule has 0 aromatic heterocycles. The normalized spacial score (nSPS) is 15.3. The molecule has 2 aliphatic heterocycles. The molecule has 5 heteroatoms. The molecular formula is C54H39NOS3. The fourth-order valence-electron chi connectivity index (χ4n) is 9.75. The van der Waals surface area contributed by atoms with Gasteiger partial charge in [0.2, 0.25) is 0 Å². The number of fused-ring (bicyclic) bond motifs is 12. The van der Waals surface area contributed by atoms with Crippen LogP contribution in [0.15, 0.2) is 193 Å². The van der Waals surface area contributed by atoms with Gasteiger partial charge in [0.25, 0.3) is 0 Å². The van der Waals surface area contributed by atoms with E-state index in [4.69, 9.17) is 4.74 Å². The average Bonchev–Trinajstić information content (AvgIpc) is 3.64. The fraction of sp³-hybridized carbons (Fsp3) is 0.111. The van der Waals surface area contributed by atoms with E-state index in [1.165, 1.54) is 80.1 Å². The van der Waals surface area contributed by atoms with Crippen LogP contribution in [0.25, 0.3) is 33.4 Å². The van der Waals surface area contributed by atoms with Gasteiger partial charge < -0.3 is 9.64 Å². The Morgan fingerprint density at radius 2 is 0.932 bits per heavy atom. The number of rotatable bonds is 4. The molecule has 8 aromatic carbocycles. The second-order valence-corrected chi connectivity index (χ2v) is 20.1. The van der Waals surface area contributed by atoms with Crippen LogP contribution in [0.4, 0.5) is 17.1 Å². The monoisotopic (exact) mass is 813 g/mol. The lowest BCUT2D eigenvalue weighted by molar-refractivity contribution is 0.455. The Balaban J connectivity index is 1.00. The molecule has 0 amide bonds. The highest BCUT2D eigenvalue weighted by Gasteiger charge is 2.41. The number of nitrogens with zero attached hydrogens (tertiary/aromatic N) is 1. The van der Waals surface area contributed by atoms with Crippen molar-refractivity contribution in [1.29, 1.82) is 0 Å². The lowest BCUT2D eigenvalue weighted by Crippen LogP contribution is -2.18. The van der Waals surface area contributed by atoms with Gasteiger partial charge in [-0.05, 0) is 117 Å². The van der Waals surface area contributed by atoms with E-state index in [0.717, 1.165) is 33.5 Å². The molecule has 0 atom stereocenters. The molecule has 2 nitrogen and oxygen atoms in total. The molecule has 4 aliphatic rings. The molecule has 0 fully saturated rings. The molecule has 284 valence electrons.